The third-order valence-electron chi connectivity index (χ3n) is 6.11. The Labute approximate surface area is 199 Å². The SMILES string of the molecule is Cc1ccc(CN(C(=O)COc2cc(C)c(Br)c(C)c2)C(C)C(=O)NC2CCCC2)cc1. The fourth-order valence-electron chi connectivity index (χ4n) is 4.08. The van der Waals surface area contributed by atoms with Crippen LogP contribution in [0.3, 0.4) is 0 Å². The molecule has 172 valence electrons. The summed E-state index contributed by atoms with van der Waals surface area (Å²) >= 11 is 3.55. The smallest absolute Gasteiger partial charge is 0.261 e. The molecular formula is C26H33BrN2O3. The predicted octanol–water partition coefficient (Wildman–Crippen LogP) is 5.23. The number of benzene rings is 2. The molecule has 0 bridgehead atoms. The number of carbonyl (C=O) groups is 2. The minimum absolute atomic E-state index is 0.104. The fourth-order valence-corrected chi connectivity index (χ4v) is 4.31. The van der Waals surface area contributed by atoms with E-state index in [0.29, 0.717) is 12.3 Å². The van der Waals surface area contributed by atoms with Crippen LogP contribution in [0.15, 0.2) is 40.9 Å². The van der Waals surface area contributed by atoms with Gasteiger partial charge in [0.05, 0.1) is 0 Å². The number of nitrogens with zero attached hydrogens (tertiary/aromatic N) is 1. The van der Waals surface area contributed by atoms with E-state index in [4.69, 9.17) is 4.74 Å². The monoisotopic (exact) mass is 500 g/mol. The number of nitrogens with one attached hydrogen (secondary N) is 1. The van der Waals surface area contributed by atoms with Gasteiger partial charge in [-0.15, -0.1) is 0 Å². The van der Waals surface area contributed by atoms with Gasteiger partial charge in [0.1, 0.15) is 11.8 Å². The van der Waals surface area contributed by atoms with Crippen LogP contribution < -0.4 is 10.1 Å². The Kier molecular flexibility index (Phi) is 8.35. The summed E-state index contributed by atoms with van der Waals surface area (Å²) in [5, 5.41) is 3.12. The quantitative estimate of drug-likeness (QED) is 0.539. The second-order valence-electron chi connectivity index (χ2n) is 8.83. The lowest BCUT2D eigenvalue weighted by Gasteiger charge is -2.29. The third-order valence-corrected chi connectivity index (χ3v) is 7.37. The topological polar surface area (TPSA) is 58.6 Å². The largest absolute Gasteiger partial charge is 0.484 e. The highest BCUT2D eigenvalue weighted by Gasteiger charge is 2.28. The zero-order valence-electron chi connectivity index (χ0n) is 19.4. The van der Waals surface area contributed by atoms with Crippen molar-refractivity contribution in [3.63, 3.8) is 0 Å². The first-order valence-corrected chi connectivity index (χ1v) is 12.1. The molecule has 1 aliphatic carbocycles. The van der Waals surface area contributed by atoms with Gasteiger partial charge in [0.2, 0.25) is 5.91 Å². The number of carbonyl (C=O) groups excluding carboxylic acids is 2. The van der Waals surface area contributed by atoms with Crippen LogP contribution >= 0.6 is 15.9 Å². The second-order valence-corrected chi connectivity index (χ2v) is 9.63. The van der Waals surface area contributed by atoms with Crippen molar-refractivity contribution in [3.05, 3.63) is 63.1 Å². The lowest BCUT2D eigenvalue weighted by molar-refractivity contribution is -0.142. The molecule has 1 N–H and O–H groups in total. The molecule has 0 spiro atoms. The van der Waals surface area contributed by atoms with E-state index in [-0.39, 0.29) is 24.5 Å². The molecule has 1 saturated carbocycles. The average molecular weight is 501 g/mol. The average Bonchev–Trinajstić information content (AvgIpc) is 3.27. The minimum atomic E-state index is -0.582. The number of hydrogen-bond acceptors (Lipinski definition) is 3. The van der Waals surface area contributed by atoms with Crippen molar-refractivity contribution in [2.24, 2.45) is 0 Å². The van der Waals surface area contributed by atoms with Crippen LogP contribution in [0.5, 0.6) is 5.75 Å². The highest BCUT2D eigenvalue weighted by molar-refractivity contribution is 9.10. The highest BCUT2D eigenvalue weighted by atomic mass is 79.9. The fraction of sp³-hybridized carbons (Fsp3) is 0.462. The molecule has 1 fully saturated rings. The molecule has 2 amide bonds. The molecule has 1 unspecified atom stereocenters. The lowest BCUT2D eigenvalue weighted by Crippen LogP contribution is -2.50. The van der Waals surface area contributed by atoms with Gasteiger partial charge >= 0.3 is 0 Å². The van der Waals surface area contributed by atoms with Gasteiger partial charge in [-0.2, -0.15) is 0 Å². The van der Waals surface area contributed by atoms with Crippen molar-refractivity contribution < 1.29 is 14.3 Å². The van der Waals surface area contributed by atoms with Crippen LogP contribution in [0.4, 0.5) is 0 Å². The number of amides is 2. The molecule has 5 nitrogen and oxygen atoms in total. The van der Waals surface area contributed by atoms with Crippen LogP contribution in [0.2, 0.25) is 0 Å². The lowest BCUT2D eigenvalue weighted by atomic mass is 10.1. The normalized spacial score (nSPS) is 14.8. The summed E-state index contributed by atoms with van der Waals surface area (Å²) in [5.41, 5.74) is 4.24. The number of hydrogen-bond donors (Lipinski definition) is 1. The van der Waals surface area contributed by atoms with E-state index in [2.05, 4.69) is 21.2 Å². The van der Waals surface area contributed by atoms with E-state index < -0.39 is 6.04 Å². The molecule has 0 radical (unpaired) electrons. The molecule has 1 atom stereocenters. The molecule has 2 aromatic rings. The number of ether oxygens (including phenoxy) is 1. The summed E-state index contributed by atoms with van der Waals surface area (Å²) in [6.07, 6.45) is 4.31. The van der Waals surface area contributed by atoms with Gasteiger partial charge in [0, 0.05) is 17.1 Å². The summed E-state index contributed by atoms with van der Waals surface area (Å²) in [7, 11) is 0. The summed E-state index contributed by atoms with van der Waals surface area (Å²) in [5.74, 6) is 0.334. The molecule has 1 aliphatic rings. The second kappa shape index (κ2) is 11.0. The Balaban J connectivity index is 1.73. The number of rotatable bonds is 8. The van der Waals surface area contributed by atoms with Crippen LogP contribution in [-0.2, 0) is 16.1 Å². The number of aryl methyl sites for hydroxylation is 3. The van der Waals surface area contributed by atoms with Crippen LogP contribution in [0, 0.1) is 20.8 Å². The van der Waals surface area contributed by atoms with E-state index >= 15 is 0 Å². The summed E-state index contributed by atoms with van der Waals surface area (Å²) in [4.78, 5) is 27.8. The maximum absolute atomic E-state index is 13.2. The van der Waals surface area contributed by atoms with Gasteiger partial charge in [-0.05, 0) is 69.4 Å². The van der Waals surface area contributed by atoms with Crippen molar-refractivity contribution >= 4 is 27.7 Å². The van der Waals surface area contributed by atoms with Crippen LogP contribution in [0.1, 0.15) is 54.9 Å². The van der Waals surface area contributed by atoms with E-state index in [1.54, 1.807) is 11.8 Å². The van der Waals surface area contributed by atoms with E-state index in [1.807, 2.05) is 57.2 Å². The van der Waals surface area contributed by atoms with Gasteiger partial charge in [0.25, 0.3) is 5.91 Å². The molecule has 32 heavy (non-hydrogen) atoms. The van der Waals surface area contributed by atoms with Crippen molar-refractivity contribution in [2.45, 2.75) is 72.0 Å². The van der Waals surface area contributed by atoms with Gasteiger partial charge in [-0.1, -0.05) is 58.6 Å². The highest BCUT2D eigenvalue weighted by Crippen LogP contribution is 2.26. The molecule has 0 saturated heterocycles. The molecule has 3 rings (SSSR count). The Morgan fingerprint density at radius 1 is 1.09 bits per heavy atom. The Morgan fingerprint density at radius 3 is 2.28 bits per heavy atom. The first-order valence-electron chi connectivity index (χ1n) is 11.3. The molecule has 0 aliphatic heterocycles. The minimum Gasteiger partial charge on any atom is -0.484 e. The van der Waals surface area contributed by atoms with Crippen LogP contribution in [-0.4, -0.2) is 35.4 Å². The molecule has 6 heteroatoms. The van der Waals surface area contributed by atoms with Crippen molar-refractivity contribution in [1.29, 1.82) is 0 Å². The first-order chi connectivity index (χ1) is 15.2. The third kappa shape index (κ3) is 6.35. The summed E-state index contributed by atoms with van der Waals surface area (Å²) in [6.45, 7) is 8.05. The van der Waals surface area contributed by atoms with E-state index in [9.17, 15) is 9.59 Å². The predicted molar refractivity (Wildman–Crippen MR) is 131 cm³/mol. The first kappa shape index (κ1) is 24.3. The Morgan fingerprint density at radius 2 is 1.69 bits per heavy atom. The Bertz CT molecular complexity index is 929. The van der Waals surface area contributed by atoms with Crippen molar-refractivity contribution in [1.82, 2.24) is 10.2 Å². The van der Waals surface area contributed by atoms with Gasteiger partial charge in [-0.25, -0.2) is 0 Å². The van der Waals surface area contributed by atoms with Gasteiger partial charge in [0.15, 0.2) is 6.61 Å². The number of halogens is 1. The molecular weight excluding hydrogens is 468 g/mol. The van der Waals surface area contributed by atoms with Crippen LogP contribution in [0.25, 0.3) is 0 Å². The van der Waals surface area contributed by atoms with E-state index in [1.165, 1.54) is 0 Å². The standard InChI is InChI=1S/C26H33BrN2O3/c1-17-9-11-21(12-10-17)15-29(20(4)26(31)28-22-7-5-6-8-22)24(30)16-32-23-13-18(2)25(27)19(3)14-23/h9-14,20,22H,5-8,15-16H2,1-4H3,(H,28,31). The van der Waals surface area contributed by atoms with Crippen molar-refractivity contribution in [3.8, 4) is 5.75 Å². The summed E-state index contributed by atoms with van der Waals surface area (Å²) in [6, 6.07) is 11.5. The Hall–Kier alpha value is -2.34. The summed E-state index contributed by atoms with van der Waals surface area (Å²) < 4.78 is 6.88. The zero-order valence-corrected chi connectivity index (χ0v) is 21.0. The molecule has 2 aromatic carbocycles. The zero-order chi connectivity index (χ0) is 23.3. The van der Waals surface area contributed by atoms with Gasteiger partial charge in [-0.3, -0.25) is 9.59 Å². The van der Waals surface area contributed by atoms with Gasteiger partial charge < -0.3 is 15.0 Å². The molecule has 0 heterocycles. The van der Waals surface area contributed by atoms with E-state index in [0.717, 1.165) is 52.4 Å². The molecule has 0 aromatic heterocycles. The maximum atomic E-state index is 13.2. The maximum Gasteiger partial charge on any atom is 0.261 e. The van der Waals surface area contributed by atoms with Crippen molar-refractivity contribution in [2.75, 3.05) is 6.61 Å².